The van der Waals surface area contributed by atoms with Gasteiger partial charge in [-0.15, -0.1) is 21.5 Å². The second kappa shape index (κ2) is 7.42. The third-order valence-corrected chi connectivity index (χ3v) is 4.84. The number of rotatable bonds is 6. The fourth-order valence-corrected chi connectivity index (χ4v) is 3.45. The zero-order valence-electron chi connectivity index (χ0n) is 12.3. The predicted molar refractivity (Wildman–Crippen MR) is 87.7 cm³/mol. The molecular formula is C14H18N4OS2. The molecule has 0 aromatic carbocycles. The highest BCUT2D eigenvalue weighted by Crippen LogP contribution is 2.27. The van der Waals surface area contributed by atoms with E-state index in [1.54, 1.807) is 17.4 Å². The van der Waals surface area contributed by atoms with Gasteiger partial charge in [-0.1, -0.05) is 25.2 Å². The predicted octanol–water partition coefficient (Wildman–Crippen LogP) is 3.86. The molecule has 1 amide bonds. The minimum atomic E-state index is -0.215. The van der Waals surface area contributed by atoms with Crippen molar-refractivity contribution in [3.8, 4) is 0 Å². The van der Waals surface area contributed by atoms with Crippen LogP contribution in [0.1, 0.15) is 48.3 Å². The van der Waals surface area contributed by atoms with Crippen LogP contribution in [0.2, 0.25) is 0 Å². The van der Waals surface area contributed by atoms with Gasteiger partial charge < -0.3 is 0 Å². The maximum absolute atomic E-state index is 11.8. The van der Waals surface area contributed by atoms with Crippen LogP contribution in [0.3, 0.4) is 0 Å². The molecule has 0 fully saturated rings. The molecule has 2 rings (SSSR count). The molecule has 0 atom stereocenters. The average Bonchev–Trinajstić information content (AvgIpc) is 3.08. The van der Waals surface area contributed by atoms with E-state index in [1.165, 1.54) is 17.4 Å². The first-order chi connectivity index (χ1) is 10.1. The topological polar surface area (TPSA) is 67.8 Å². The molecule has 0 bridgehead atoms. The number of aromatic nitrogens is 3. The van der Waals surface area contributed by atoms with E-state index in [-0.39, 0.29) is 5.91 Å². The van der Waals surface area contributed by atoms with Gasteiger partial charge in [0.05, 0.1) is 10.7 Å². The van der Waals surface area contributed by atoms with E-state index >= 15 is 0 Å². The maximum Gasteiger partial charge on any atom is 0.250 e. The number of carbonyl (C=O) groups excluding carboxylic acids is 1. The van der Waals surface area contributed by atoms with Crippen LogP contribution in [0.25, 0.3) is 6.08 Å². The van der Waals surface area contributed by atoms with Crippen molar-refractivity contribution in [1.29, 1.82) is 0 Å². The van der Waals surface area contributed by atoms with E-state index in [9.17, 15) is 4.79 Å². The monoisotopic (exact) mass is 322 g/mol. The number of carbonyl (C=O) groups is 1. The lowest BCUT2D eigenvalue weighted by molar-refractivity contribution is -0.111. The van der Waals surface area contributed by atoms with Crippen LogP contribution in [-0.2, 0) is 4.79 Å². The van der Waals surface area contributed by atoms with Gasteiger partial charge in [0.1, 0.15) is 5.01 Å². The molecule has 5 nitrogen and oxygen atoms in total. The molecule has 0 saturated carbocycles. The van der Waals surface area contributed by atoms with Crippen LogP contribution >= 0.6 is 22.7 Å². The minimum absolute atomic E-state index is 0.215. The van der Waals surface area contributed by atoms with Crippen molar-refractivity contribution in [2.45, 2.75) is 39.5 Å². The summed E-state index contributed by atoms with van der Waals surface area (Å²) in [6.07, 6.45) is 5.22. The molecule has 0 spiro atoms. The first-order valence-electron chi connectivity index (χ1n) is 6.87. The Labute approximate surface area is 132 Å². The molecule has 1 N–H and O–H groups in total. The largest absolute Gasteiger partial charge is 0.297 e. The summed E-state index contributed by atoms with van der Waals surface area (Å²) >= 11 is 3.00. The fraction of sp³-hybridized carbons (Fsp3) is 0.429. The quantitative estimate of drug-likeness (QED) is 0.820. The van der Waals surface area contributed by atoms with Crippen LogP contribution in [0.4, 0.5) is 5.13 Å². The van der Waals surface area contributed by atoms with Gasteiger partial charge >= 0.3 is 0 Å². The number of hydrogen-bond acceptors (Lipinski definition) is 6. The third kappa shape index (κ3) is 4.44. The molecule has 112 valence electrons. The summed E-state index contributed by atoms with van der Waals surface area (Å²) in [4.78, 5) is 16.1. The first kappa shape index (κ1) is 15.8. The lowest BCUT2D eigenvalue weighted by atomic mass is 10.1. The number of aryl methyl sites for hydroxylation is 1. The molecule has 2 aromatic rings. The Morgan fingerprint density at radius 3 is 2.76 bits per heavy atom. The Bertz CT molecular complexity index is 628. The van der Waals surface area contributed by atoms with E-state index < -0.39 is 0 Å². The molecule has 0 aliphatic carbocycles. The lowest BCUT2D eigenvalue weighted by Crippen LogP contribution is -2.07. The van der Waals surface area contributed by atoms with Crippen LogP contribution < -0.4 is 5.32 Å². The highest BCUT2D eigenvalue weighted by atomic mass is 32.1. The number of nitrogens with zero attached hydrogens (tertiary/aromatic N) is 3. The molecule has 2 heterocycles. The summed E-state index contributed by atoms with van der Waals surface area (Å²) < 4.78 is 0. The standard InChI is InChI=1S/C14H18N4OS2/c1-4-10(5-2)13-17-18-14(21-13)16-12(19)7-6-11-8-20-9(3)15-11/h6-8,10H,4-5H2,1-3H3,(H,16,18,19)/b7-6+. The summed E-state index contributed by atoms with van der Waals surface area (Å²) in [6, 6.07) is 0. The van der Waals surface area contributed by atoms with Crippen molar-refractivity contribution >= 4 is 39.8 Å². The zero-order chi connectivity index (χ0) is 15.2. The molecule has 0 saturated heterocycles. The van der Waals surface area contributed by atoms with E-state index in [4.69, 9.17) is 0 Å². The number of thiazole rings is 1. The van der Waals surface area contributed by atoms with Crippen molar-refractivity contribution in [3.63, 3.8) is 0 Å². The van der Waals surface area contributed by atoms with Crippen LogP contribution in [0, 0.1) is 6.92 Å². The Morgan fingerprint density at radius 1 is 1.38 bits per heavy atom. The van der Waals surface area contributed by atoms with Gasteiger partial charge in [0.15, 0.2) is 0 Å². The van der Waals surface area contributed by atoms with Crippen LogP contribution in [0.15, 0.2) is 11.5 Å². The number of hydrogen-bond donors (Lipinski definition) is 1. The van der Waals surface area contributed by atoms with Crippen molar-refractivity contribution in [3.05, 3.63) is 27.2 Å². The Kier molecular flexibility index (Phi) is 5.58. The molecule has 0 radical (unpaired) electrons. The number of amides is 1. The summed E-state index contributed by atoms with van der Waals surface area (Å²) in [5.41, 5.74) is 0.794. The third-order valence-electron chi connectivity index (χ3n) is 3.05. The minimum Gasteiger partial charge on any atom is -0.297 e. The van der Waals surface area contributed by atoms with Crippen molar-refractivity contribution < 1.29 is 4.79 Å². The second-order valence-electron chi connectivity index (χ2n) is 4.57. The smallest absolute Gasteiger partial charge is 0.250 e. The highest BCUT2D eigenvalue weighted by molar-refractivity contribution is 7.15. The van der Waals surface area contributed by atoms with E-state index in [0.29, 0.717) is 11.0 Å². The summed E-state index contributed by atoms with van der Waals surface area (Å²) in [5.74, 6) is 0.203. The van der Waals surface area contributed by atoms with Crippen molar-refractivity contribution in [2.24, 2.45) is 0 Å². The Hall–Kier alpha value is -1.60. The van der Waals surface area contributed by atoms with Crippen molar-refractivity contribution in [1.82, 2.24) is 15.2 Å². The highest BCUT2D eigenvalue weighted by Gasteiger charge is 2.13. The summed E-state index contributed by atoms with van der Waals surface area (Å²) in [6.45, 7) is 6.20. The molecule has 0 unspecified atom stereocenters. The zero-order valence-corrected chi connectivity index (χ0v) is 13.9. The Morgan fingerprint density at radius 2 is 2.14 bits per heavy atom. The molecular weight excluding hydrogens is 304 g/mol. The number of nitrogens with one attached hydrogen (secondary N) is 1. The van der Waals surface area contributed by atoms with Gasteiger partial charge in [-0.2, -0.15) is 0 Å². The molecule has 7 heteroatoms. The number of anilines is 1. The summed E-state index contributed by atoms with van der Waals surface area (Å²) in [7, 11) is 0. The van der Waals surface area contributed by atoms with Gasteiger partial charge in [0.25, 0.3) is 0 Å². The molecule has 0 aliphatic rings. The van der Waals surface area contributed by atoms with E-state index in [1.807, 2.05) is 12.3 Å². The van der Waals surface area contributed by atoms with Gasteiger partial charge in [-0.05, 0) is 25.8 Å². The molecule has 2 aromatic heterocycles. The summed E-state index contributed by atoms with van der Waals surface area (Å²) in [5, 5.41) is 15.3. The lowest BCUT2D eigenvalue weighted by Gasteiger charge is -2.05. The van der Waals surface area contributed by atoms with Crippen LogP contribution in [0.5, 0.6) is 0 Å². The first-order valence-corrected chi connectivity index (χ1v) is 8.56. The van der Waals surface area contributed by atoms with Gasteiger partial charge in [0.2, 0.25) is 11.0 Å². The molecule has 0 aliphatic heterocycles. The van der Waals surface area contributed by atoms with Gasteiger partial charge in [-0.25, -0.2) is 4.98 Å². The van der Waals surface area contributed by atoms with E-state index in [2.05, 4.69) is 34.3 Å². The fourth-order valence-electron chi connectivity index (χ4n) is 1.85. The van der Waals surface area contributed by atoms with Crippen LogP contribution in [-0.4, -0.2) is 21.1 Å². The SMILES string of the molecule is CCC(CC)c1nnc(NC(=O)/C=C/c2csc(C)n2)s1. The normalized spacial score (nSPS) is 11.4. The molecule has 21 heavy (non-hydrogen) atoms. The Balaban J connectivity index is 1.95. The van der Waals surface area contributed by atoms with E-state index in [0.717, 1.165) is 28.6 Å². The second-order valence-corrected chi connectivity index (χ2v) is 6.64. The van der Waals surface area contributed by atoms with Crippen molar-refractivity contribution in [2.75, 3.05) is 5.32 Å². The average molecular weight is 322 g/mol. The maximum atomic E-state index is 11.8. The van der Waals surface area contributed by atoms with Gasteiger partial charge in [0, 0.05) is 17.4 Å². The van der Waals surface area contributed by atoms with Gasteiger partial charge in [-0.3, -0.25) is 10.1 Å².